The number of hydrogen-bond donors (Lipinski definition) is 0. The molecule has 0 fully saturated rings. The van der Waals surface area contributed by atoms with E-state index in [-0.39, 0.29) is 11.8 Å². The van der Waals surface area contributed by atoms with Crippen molar-refractivity contribution in [2.45, 2.75) is 0 Å². The lowest BCUT2D eigenvalue weighted by Gasteiger charge is -2.22. The van der Waals surface area contributed by atoms with E-state index in [2.05, 4.69) is 0 Å². The number of carbonyl (C=O) groups excluding carboxylic acids is 2. The lowest BCUT2D eigenvalue weighted by atomic mass is 10.1. The first-order chi connectivity index (χ1) is 14.0. The van der Waals surface area contributed by atoms with Crippen molar-refractivity contribution in [1.29, 1.82) is 0 Å². The van der Waals surface area contributed by atoms with Gasteiger partial charge in [0.1, 0.15) is 5.70 Å². The molecule has 0 aliphatic carbocycles. The third-order valence-electron chi connectivity index (χ3n) is 4.91. The number of likely N-dealkylation sites (N-methyl/N-ethyl adjacent to an activating group) is 1. The SMILES string of the molecule is CN(C)c1cccc(N2C(=O)C(c3cccs3)=C(N(C)c3ccccc3)C2=O)c1. The molecule has 0 saturated carbocycles. The maximum absolute atomic E-state index is 13.5. The predicted octanol–water partition coefficient (Wildman–Crippen LogP) is 4.24. The van der Waals surface area contributed by atoms with Gasteiger partial charge in [0.2, 0.25) is 0 Å². The Morgan fingerprint density at radius 1 is 0.793 bits per heavy atom. The molecule has 1 aliphatic heterocycles. The van der Waals surface area contributed by atoms with Crippen LogP contribution in [0.1, 0.15) is 4.88 Å². The van der Waals surface area contributed by atoms with Crippen molar-refractivity contribution in [3.8, 4) is 0 Å². The van der Waals surface area contributed by atoms with Gasteiger partial charge in [0.05, 0.1) is 11.3 Å². The highest BCUT2D eigenvalue weighted by Crippen LogP contribution is 2.38. The van der Waals surface area contributed by atoms with Gasteiger partial charge in [0.25, 0.3) is 11.8 Å². The molecule has 3 aromatic rings. The molecule has 0 spiro atoms. The maximum atomic E-state index is 13.5. The van der Waals surface area contributed by atoms with Gasteiger partial charge in [-0.25, -0.2) is 4.90 Å². The van der Waals surface area contributed by atoms with Gasteiger partial charge in [-0.2, -0.15) is 0 Å². The normalized spacial score (nSPS) is 14.0. The highest BCUT2D eigenvalue weighted by atomic mass is 32.1. The molecule has 0 bridgehead atoms. The fourth-order valence-corrected chi connectivity index (χ4v) is 4.16. The van der Waals surface area contributed by atoms with Crippen molar-refractivity contribution in [2.75, 3.05) is 35.8 Å². The van der Waals surface area contributed by atoms with Crippen molar-refractivity contribution in [2.24, 2.45) is 0 Å². The molecule has 4 rings (SSSR count). The quantitative estimate of drug-likeness (QED) is 0.598. The average Bonchev–Trinajstić information content (AvgIpc) is 3.34. The van der Waals surface area contributed by atoms with E-state index < -0.39 is 0 Å². The number of imide groups is 1. The number of anilines is 3. The molecular weight excluding hydrogens is 382 g/mol. The van der Waals surface area contributed by atoms with Crippen LogP contribution in [0.5, 0.6) is 0 Å². The first-order valence-electron chi connectivity index (χ1n) is 9.22. The third kappa shape index (κ3) is 3.32. The van der Waals surface area contributed by atoms with Crippen LogP contribution >= 0.6 is 11.3 Å². The number of carbonyl (C=O) groups is 2. The van der Waals surface area contributed by atoms with Crippen LogP contribution in [0, 0.1) is 0 Å². The summed E-state index contributed by atoms with van der Waals surface area (Å²) in [7, 11) is 5.68. The van der Waals surface area contributed by atoms with Crippen LogP contribution in [0.2, 0.25) is 0 Å². The Balaban J connectivity index is 1.84. The van der Waals surface area contributed by atoms with Crippen LogP contribution in [0.25, 0.3) is 5.57 Å². The van der Waals surface area contributed by atoms with Crippen LogP contribution in [0.4, 0.5) is 17.1 Å². The number of para-hydroxylation sites is 1. The second-order valence-corrected chi connectivity index (χ2v) is 7.90. The van der Waals surface area contributed by atoms with Gasteiger partial charge in [-0.3, -0.25) is 9.59 Å². The predicted molar refractivity (Wildman–Crippen MR) is 119 cm³/mol. The Labute approximate surface area is 174 Å². The molecule has 1 aromatic heterocycles. The lowest BCUT2D eigenvalue weighted by Crippen LogP contribution is -2.34. The van der Waals surface area contributed by atoms with E-state index in [0.29, 0.717) is 17.0 Å². The zero-order valence-corrected chi connectivity index (χ0v) is 17.3. The Bertz CT molecular complexity index is 1090. The van der Waals surface area contributed by atoms with Gasteiger partial charge in [0.15, 0.2) is 0 Å². The fourth-order valence-electron chi connectivity index (χ4n) is 3.40. The number of hydrogen-bond acceptors (Lipinski definition) is 5. The number of thiophene rings is 1. The summed E-state index contributed by atoms with van der Waals surface area (Å²) in [6.07, 6.45) is 0. The van der Waals surface area contributed by atoms with Crippen molar-refractivity contribution >= 4 is 45.8 Å². The molecular formula is C23H21N3O2S. The second kappa shape index (κ2) is 7.56. The van der Waals surface area contributed by atoms with Crippen LogP contribution in [0.15, 0.2) is 77.8 Å². The van der Waals surface area contributed by atoms with E-state index in [9.17, 15) is 9.59 Å². The summed E-state index contributed by atoms with van der Waals surface area (Å²) in [5, 5.41) is 1.91. The molecule has 6 heteroatoms. The molecule has 2 amide bonds. The first-order valence-corrected chi connectivity index (χ1v) is 10.1. The summed E-state index contributed by atoms with van der Waals surface area (Å²) in [5.74, 6) is -0.619. The van der Waals surface area contributed by atoms with E-state index >= 15 is 0 Å². The molecule has 1 aliphatic rings. The first kappa shape index (κ1) is 19.0. The largest absolute Gasteiger partial charge is 0.378 e. The molecule has 0 atom stereocenters. The molecule has 5 nitrogen and oxygen atoms in total. The van der Waals surface area contributed by atoms with Gasteiger partial charge in [-0.15, -0.1) is 11.3 Å². The Hall–Kier alpha value is -3.38. The van der Waals surface area contributed by atoms with Crippen LogP contribution in [-0.4, -0.2) is 33.0 Å². The van der Waals surface area contributed by atoms with Gasteiger partial charge in [-0.1, -0.05) is 30.3 Å². The van der Waals surface area contributed by atoms with Crippen LogP contribution in [-0.2, 0) is 9.59 Å². The summed E-state index contributed by atoms with van der Waals surface area (Å²) in [6.45, 7) is 0. The number of nitrogens with zero attached hydrogens (tertiary/aromatic N) is 3. The van der Waals surface area contributed by atoms with Gasteiger partial charge >= 0.3 is 0 Å². The minimum absolute atomic E-state index is 0.300. The van der Waals surface area contributed by atoms with Gasteiger partial charge in [-0.05, 0) is 41.8 Å². The Kier molecular flexibility index (Phi) is 4.94. The second-order valence-electron chi connectivity index (χ2n) is 6.96. The van der Waals surface area contributed by atoms with Crippen molar-refractivity contribution < 1.29 is 9.59 Å². The molecule has 0 N–H and O–H groups in total. The molecule has 29 heavy (non-hydrogen) atoms. The van der Waals surface area contributed by atoms with Gasteiger partial charge < -0.3 is 9.80 Å². The number of benzene rings is 2. The zero-order valence-electron chi connectivity index (χ0n) is 16.5. The number of amides is 2. The number of rotatable bonds is 5. The van der Waals surface area contributed by atoms with E-state index in [1.165, 1.54) is 16.2 Å². The topological polar surface area (TPSA) is 43.9 Å². The van der Waals surface area contributed by atoms with E-state index in [1.807, 2.05) is 92.1 Å². The molecule has 0 radical (unpaired) electrons. The summed E-state index contributed by atoms with van der Waals surface area (Å²) < 4.78 is 0. The minimum atomic E-state index is -0.319. The summed E-state index contributed by atoms with van der Waals surface area (Å²) >= 11 is 1.46. The highest BCUT2D eigenvalue weighted by molar-refractivity contribution is 7.11. The molecule has 2 aromatic carbocycles. The Morgan fingerprint density at radius 2 is 1.52 bits per heavy atom. The van der Waals surface area contributed by atoms with E-state index in [1.54, 1.807) is 11.0 Å². The standard InChI is InChI=1S/C23H21N3O2S/c1-24(2)17-11-7-12-18(15-17)26-22(27)20(19-13-8-14-29-19)21(23(26)28)25(3)16-9-5-4-6-10-16/h4-15H,1-3H3. The lowest BCUT2D eigenvalue weighted by molar-refractivity contribution is -0.120. The summed E-state index contributed by atoms with van der Waals surface area (Å²) in [6, 6.07) is 20.8. The van der Waals surface area contributed by atoms with Crippen molar-refractivity contribution in [3.05, 3.63) is 82.7 Å². The maximum Gasteiger partial charge on any atom is 0.282 e. The van der Waals surface area contributed by atoms with Gasteiger partial charge in [0, 0.05) is 37.4 Å². The molecule has 2 heterocycles. The molecule has 0 unspecified atom stereocenters. The smallest absolute Gasteiger partial charge is 0.282 e. The monoisotopic (exact) mass is 403 g/mol. The Morgan fingerprint density at radius 3 is 2.17 bits per heavy atom. The zero-order chi connectivity index (χ0) is 20.5. The summed E-state index contributed by atoms with van der Waals surface area (Å²) in [4.78, 5) is 32.8. The molecule has 146 valence electrons. The van der Waals surface area contributed by atoms with E-state index in [4.69, 9.17) is 0 Å². The molecule has 0 saturated heterocycles. The highest BCUT2D eigenvalue weighted by Gasteiger charge is 2.42. The fraction of sp³-hybridized carbons (Fsp3) is 0.130. The van der Waals surface area contributed by atoms with Crippen molar-refractivity contribution in [1.82, 2.24) is 0 Å². The van der Waals surface area contributed by atoms with E-state index in [0.717, 1.165) is 16.3 Å². The summed E-state index contributed by atoms with van der Waals surface area (Å²) in [5.41, 5.74) is 3.16. The van der Waals surface area contributed by atoms with Crippen LogP contribution < -0.4 is 14.7 Å². The minimum Gasteiger partial charge on any atom is -0.378 e. The average molecular weight is 404 g/mol. The van der Waals surface area contributed by atoms with Crippen molar-refractivity contribution in [3.63, 3.8) is 0 Å². The third-order valence-corrected chi connectivity index (χ3v) is 5.80. The van der Waals surface area contributed by atoms with Crippen LogP contribution in [0.3, 0.4) is 0 Å².